The molecule has 1 aromatic heterocycles. The van der Waals surface area contributed by atoms with Gasteiger partial charge < -0.3 is 14.6 Å². The highest BCUT2D eigenvalue weighted by Gasteiger charge is 2.19. The molecule has 1 aromatic carbocycles. The maximum absolute atomic E-state index is 11.9. The molecule has 0 spiro atoms. The van der Waals surface area contributed by atoms with Gasteiger partial charge in [-0.2, -0.15) is 0 Å². The fourth-order valence-electron chi connectivity index (χ4n) is 2.44. The molecule has 0 aliphatic heterocycles. The number of nitrogens with one attached hydrogen (secondary N) is 1. The van der Waals surface area contributed by atoms with Crippen LogP contribution >= 0.6 is 0 Å². The number of hydrogen-bond donors (Lipinski definition) is 1. The van der Waals surface area contributed by atoms with Crippen LogP contribution in [0.3, 0.4) is 0 Å². The molecule has 0 fully saturated rings. The molecule has 5 heteroatoms. The number of carbonyl (C=O) groups is 2. The van der Waals surface area contributed by atoms with Gasteiger partial charge in [0.2, 0.25) is 11.8 Å². The number of furan rings is 1. The Morgan fingerprint density at radius 2 is 1.91 bits per heavy atom. The molecular formula is C18H22N2O3. The van der Waals surface area contributed by atoms with Crippen molar-refractivity contribution in [2.45, 2.75) is 32.9 Å². The van der Waals surface area contributed by atoms with Crippen LogP contribution in [-0.4, -0.2) is 23.3 Å². The second-order valence-electron chi connectivity index (χ2n) is 5.41. The third kappa shape index (κ3) is 4.98. The minimum absolute atomic E-state index is 0.0415. The highest BCUT2D eigenvalue weighted by molar-refractivity contribution is 5.78. The van der Waals surface area contributed by atoms with Crippen LogP contribution in [0.15, 0.2) is 53.1 Å². The van der Waals surface area contributed by atoms with Crippen molar-refractivity contribution < 1.29 is 14.0 Å². The van der Waals surface area contributed by atoms with Gasteiger partial charge in [-0.05, 0) is 24.6 Å². The Morgan fingerprint density at radius 1 is 1.17 bits per heavy atom. The summed E-state index contributed by atoms with van der Waals surface area (Å²) in [6.07, 6.45) is 1.83. The lowest BCUT2D eigenvalue weighted by atomic mass is 10.1. The molecule has 0 saturated carbocycles. The fraction of sp³-hybridized carbons (Fsp3) is 0.333. The van der Waals surface area contributed by atoms with E-state index in [9.17, 15) is 9.59 Å². The van der Waals surface area contributed by atoms with Crippen molar-refractivity contribution in [1.82, 2.24) is 10.2 Å². The predicted molar refractivity (Wildman–Crippen MR) is 87.4 cm³/mol. The zero-order valence-corrected chi connectivity index (χ0v) is 13.5. The lowest BCUT2D eigenvalue weighted by Crippen LogP contribution is -2.35. The quantitative estimate of drug-likeness (QED) is 0.854. The molecular weight excluding hydrogens is 292 g/mol. The second kappa shape index (κ2) is 8.17. The summed E-state index contributed by atoms with van der Waals surface area (Å²) >= 11 is 0. The number of rotatable bonds is 7. The van der Waals surface area contributed by atoms with Gasteiger partial charge in [0.1, 0.15) is 5.76 Å². The van der Waals surface area contributed by atoms with Crippen LogP contribution in [0.1, 0.15) is 37.6 Å². The summed E-state index contributed by atoms with van der Waals surface area (Å²) in [5, 5.41) is 2.79. The van der Waals surface area contributed by atoms with Gasteiger partial charge in [-0.25, -0.2) is 0 Å². The summed E-state index contributed by atoms with van der Waals surface area (Å²) in [6.45, 7) is 4.24. The number of amides is 2. The summed E-state index contributed by atoms with van der Waals surface area (Å²) in [5.74, 6) is 0.563. The van der Waals surface area contributed by atoms with Gasteiger partial charge in [0.25, 0.3) is 0 Å². The van der Waals surface area contributed by atoms with Crippen LogP contribution in [0.2, 0.25) is 0 Å². The lowest BCUT2D eigenvalue weighted by Gasteiger charge is -2.28. The second-order valence-corrected chi connectivity index (χ2v) is 5.41. The van der Waals surface area contributed by atoms with Gasteiger partial charge in [-0.1, -0.05) is 30.3 Å². The van der Waals surface area contributed by atoms with E-state index in [4.69, 9.17) is 4.42 Å². The first-order valence-corrected chi connectivity index (χ1v) is 7.69. The third-order valence-electron chi connectivity index (χ3n) is 3.77. The molecule has 5 nitrogen and oxygen atoms in total. The Morgan fingerprint density at radius 3 is 2.52 bits per heavy atom. The van der Waals surface area contributed by atoms with Crippen LogP contribution in [-0.2, 0) is 16.1 Å². The minimum atomic E-state index is -0.104. The van der Waals surface area contributed by atoms with Crippen molar-refractivity contribution in [3.63, 3.8) is 0 Å². The van der Waals surface area contributed by atoms with Crippen LogP contribution in [0.25, 0.3) is 0 Å². The van der Waals surface area contributed by atoms with Crippen molar-refractivity contribution in [3.8, 4) is 0 Å². The van der Waals surface area contributed by atoms with E-state index in [1.807, 2.05) is 37.3 Å². The topological polar surface area (TPSA) is 62.6 Å². The smallest absolute Gasteiger partial charge is 0.222 e. The van der Waals surface area contributed by atoms with Crippen molar-refractivity contribution in [1.29, 1.82) is 0 Å². The van der Waals surface area contributed by atoms with E-state index < -0.39 is 0 Å². The highest BCUT2D eigenvalue weighted by Crippen LogP contribution is 2.20. The van der Waals surface area contributed by atoms with Crippen molar-refractivity contribution >= 4 is 11.8 Å². The first-order valence-electron chi connectivity index (χ1n) is 7.69. The van der Waals surface area contributed by atoms with E-state index in [0.717, 1.165) is 5.56 Å². The summed E-state index contributed by atoms with van der Waals surface area (Å²) < 4.78 is 5.16. The lowest BCUT2D eigenvalue weighted by molar-refractivity contribution is -0.131. The maximum atomic E-state index is 11.9. The molecule has 122 valence electrons. The average Bonchev–Trinajstić information content (AvgIpc) is 3.07. The predicted octanol–water partition coefficient (Wildman–Crippen LogP) is 2.90. The van der Waals surface area contributed by atoms with Crippen molar-refractivity contribution in [2.75, 3.05) is 6.54 Å². The van der Waals surface area contributed by atoms with Gasteiger partial charge in [-0.3, -0.25) is 9.59 Å². The number of nitrogens with zero attached hydrogens (tertiary/aromatic N) is 1. The summed E-state index contributed by atoms with van der Waals surface area (Å²) in [4.78, 5) is 25.5. The van der Waals surface area contributed by atoms with Crippen molar-refractivity contribution in [3.05, 3.63) is 60.1 Å². The number of hydrogen-bond acceptors (Lipinski definition) is 3. The molecule has 1 N–H and O–H groups in total. The summed E-state index contributed by atoms with van der Waals surface area (Å²) in [5.41, 5.74) is 1.05. The number of benzene rings is 1. The molecule has 0 aliphatic rings. The molecule has 2 aromatic rings. The van der Waals surface area contributed by atoms with Gasteiger partial charge in [0.05, 0.1) is 18.8 Å². The van der Waals surface area contributed by atoms with Crippen LogP contribution in [0, 0.1) is 0 Å². The monoisotopic (exact) mass is 314 g/mol. The van der Waals surface area contributed by atoms with Gasteiger partial charge in [0.15, 0.2) is 0 Å². The zero-order valence-electron chi connectivity index (χ0n) is 13.5. The van der Waals surface area contributed by atoms with Crippen LogP contribution in [0.4, 0.5) is 0 Å². The first-order chi connectivity index (χ1) is 11.1. The highest BCUT2D eigenvalue weighted by atomic mass is 16.3. The fourth-order valence-corrected chi connectivity index (χ4v) is 2.44. The first kappa shape index (κ1) is 16.8. The summed E-state index contributed by atoms with van der Waals surface area (Å²) in [6, 6.07) is 13.3. The molecule has 0 saturated heterocycles. The van der Waals surface area contributed by atoms with Gasteiger partial charge in [0, 0.05) is 19.9 Å². The SMILES string of the molecule is CC(=O)N(CCC(=O)NCc1ccco1)C(C)c1ccccc1. The van der Waals surface area contributed by atoms with E-state index >= 15 is 0 Å². The van der Waals surface area contributed by atoms with E-state index in [-0.39, 0.29) is 24.3 Å². The largest absolute Gasteiger partial charge is 0.467 e. The molecule has 1 unspecified atom stereocenters. The molecule has 1 atom stereocenters. The average molecular weight is 314 g/mol. The van der Waals surface area contributed by atoms with Gasteiger partial charge >= 0.3 is 0 Å². The molecule has 2 rings (SSSR count). The Balaban J connectivity index is 1.87. The Kier molecular flexibility index (Phi) is 5.97. The van der Waals surface area contributed by atoms with Crippen molar-refractivity contribution in [2.24, 2.45) is 0 Å². The van der Waals surface area contributed by atoms with Crippen LogP contribution in [0.5, 0.6) is 0 Å². The molecule has 0 radical (unpaired) electrons. The van der Waals surface area contributed by atoms with Crippen LogP contribution < -0.4 is 5.32 Å². The normalized spacial score (nSPS) is 11.7. The molecule has 1 heterocycles. The zero-order chi connectivity index (χ0) is 16.7. The van der Waals surface area contributed by atoms with E-state index in [1.165, 1.54) is 6.92 Å². The third-order valence-corrected chi connectivity index (χ3v) is 3.77. The van der Waals surface area contributed by atoms with Gasteiger partial charge in [-0.15, -0.1) is 0 Å². The van der Waals surface area contributed by atoms with E-state index in [1.54, 1.807) is 23.3 Å². The van der Waals surface area contributed by atoms with E-state index in [0.29, 0.717) is 18.8 Å². The molecule has 2 amide bonds. The minimum Gasteiger partial charge on any atom is -0.467 e. The molecule has 0 bridgehead atoms. The summed E-state index contributed by atoms with van der Waals surface area (Å²) in [7, 11) is 0. The van der Waals surface area contributed by atoms with E-state index in [2.05, 4.69) is 5.32 Å². The Hall–Kier alpha value is -2.56. The maximum Gasteiger partial charge on any atom is 0.222 e. The Bertz CT molecular complexity index is 623. The Labute approximate surface area is 136 Å². The number of carbonyl (C=O) groups excluding carboxylic acids is 2. The molecule has 23 heavy (non-hydrogen) atoms. The molecule has 0 aliphatic carbocycles. The standard InChI is InChI=1S/C18H22N2O3/c1-14(16-7-4-3-5-8-16)20(15(2)21)11-10-18(22)19-13-17-9-6-12-23-17/h3-9,12,14H,10-11,13H2,1-2H3,(H,19,22).